The number of aromatic nitrogens is 4. The molecule has 1 aromatic carbocycles. The molecule has 2 atom stereocenters. The normalized spacial score (nSPS) is 18.1. The van der Waals surface area contributed by atoms with Gasteiger partial charge in [-0.3, -0.25) is 4.79 Å². The van der Waals surface area contributed by atoms with Crippen molar-refractivity contribution in [3.8, 4) is 11.4 Å². The first kappa shape index (κ1) is 25.1. The largest absolute Gasteiger partial charge is 0.481 e. The highest BCUT2D eigenvalue weighted by atomic mass is 35.5. The second kappa shape index (κ2) is 9.71. The van der Waals surface area contributed by atoms with Gasteiger partial charge in [-0.25, -0.2) is 31.7 Å². The Bertz CT molecular complexity index is 1610. The molecule has 0 aliphatic heterocycles. The summed E-state index contributed by atoms with van der Waals surface area (Å²) in [7, 11) is -4.04. The molecule has 0 spiro atoms. The van der Waals surface area contributed by atoms with Crippen LogP contribution in [0.1, 0.15) is 31.2 Å². The molecule has 12 heteroatoms. The number of halogens is 2. The zero-order chi connectivity index (χ0) is 26.3. The number of hydrogen-bond acceptors (Lipinski definition) is 7. The number of carboxylic acid groups (broad SMARTS) is 1. The Morgan fingerprint density at radius 1 is 1.16 bits per heavy atom. The highest BCUT2D eigenvalue weighted by molar-refractivity contribution is 7.90. The minimum Gasteiger partial charge on any atom is -0.481 e. The quantitative estimate of drug-likeness (QED) is 0.352. The molecule has 5 rings (SSSR count). The van der Waals surface area contributed by atoms with E-state index in [9.17, 15) is 22.7 Å². The number of aryl methyl sites for hydroxylation is 1. The Morgan fingerprint density at radius 2 is 1.89 bits per heavy atom. The summed E-state index contributed by atoms with van der Waals surface area (Å²) in [4.78, 5) is 24.4. The van der Waals surface area contributed by atoms with Gasteiger partial charge in [-0.05, 0) is 38.0 Å². The molecule has 0 unspecified atom stereocenters. The van der Waals surface area contributed by atoms with Gasteiger partial charge in [-0.15, -0.1) is 0 Å². The van der Waals surface area contributed by atoms with Crippen molar-refractivity contribution in [2.75, 3.05) is 5.32 Å². The summed E-state index contributed by atoms with van der Waals surface area (Å²) in [6, 6.07) is 7.45. The van der Waals surface area contributed by atoms with E-state index in [1.165, 1.54) is 24.5 Å². The molecule has 0 bridgehead atoms. The van der Waals surface area contributed by atoms with Crippen molar-refractivity contribution in [1.82, 2.24) is 18.9 Å². The van der Waals surface area contributed by atoms with Crippen molar-refractivity contribution in [3.05, 3.63) is 65.3 Å². The molecule has 37 heavy (non-hydrogen) atoms. The van der Waals surface area contributed by atoms with Gasteiger partial charge in [-0.1, -0.05) is 42.1 Å². The highest BCUT2D eigenvalue weighted by Gasteiger charge is 2.32. The Hall–Kier alpha value is -3.57. The zero-order valence-corrected chi connectivity index (χ0v) is 21.3. The molecule has 1 aliphatic carbocycles. The third kappa shape index (κ3) is 4.76. The molecule has 0 amide bonds. The predicted octanol–water partition coefficient (Wildman–Crippen LogP) is 4.89. The fraction of sp³-hybridized carbons (Fsp3) is 0.280. The second-order valence-corrected chi connectivity index (χ2v) is 11.3. The Labute approximate surface area is 217 Å². The fourth-order valence-electron chi connectivity index (χ4n) is 4.61. The van der Waals surface area contributed by atoms with Gasteiger partial charge in [-0.2, -0.15) is 0 Å². The van der Waals surface area contributed by atoms with E-state index in [0.717, 1.165) is 28.6 Å². The molecule has 3 heterocycles. The first-order valence-electron chi connectivity index (χ1n) is 11.7. The van der Waals surface area contributed by atoms with Gasteiger partial charge < -0.3 is 10.4 Å². The van der Waals surface area contributed by atoms with Crippen LogP contribution in [0.25, 0.3) is 22.4 Å². The molecule has 192 valence electrons. The molecule has 1 aliphatic rings. The van der Waals surface area contributed by atoms with E-state index < -0.39 is 33.8 Å². The summed E-state index contributed by atoms with van der Waals surface area (Å²) >= 11 is 6.18. The van der Waals surface area contributed by atoms with Crippen molar-refractivity contribution in [2.45, 2.75) is 43.5 Å². The predicted molar refractivity (Wildman–Crippen MR) is 136 cm³/mol. The maximum absolute atomic E-state index is 14.7. The van der Waals surface area contributed by atoms with Gasteiger partial charge in [0.15, 0.2) is 23.1 Å². The van der Waals surface area contributed by atoms with Crippen LogP contribution in [0.5, 0.6) is 0 Å². The maximum atomic E-state index is 14.7. The number of nitrogens with one attached hydrogen (secondary N) is 1. The van der Waals surface area contributed by atoms with E-state index in [4.69, 9.17) is 11.6 Å². The number of carboxylic acids is 1. The number of hydrogen-bond donors (Lipinski definition) is 2. The number of aliphatic carboxylic acids is 1. The second-order valence-electron chi connectivity index (χ2n) is 9.05. The van der Waals surface area contributed by atoms with Gasteiger partial charge in [0.05, 0.1) is 22.0 Å². The summed E-state index contributed by atoms with van der Waals surface area (Å²) in [5.41, 5.74) is 1.30. The number of benzene rings is 1. The summed E-state index contributed by atoms with van der Waals surface area (Å²) in [5.74, 6) is -2.47. The highest BCUT2D eigenvalue weighted by Crippen LogP contribution is 2.33. The van der Waals surface area contributed by atoms with Crippen LogP contribution in [-0.2, 0) is 14.8 Å². The van der Waals surface area contributed by atoms with Gasteiger partial charge in [0.2, 0.25) is 0 Å². The van der Waals surface area contributed by atoms with E-state index in [1.807, 2.05) is 6.92 Å². The molecule has 0 saturated heterocycles. The van der Waals surface area contributed by atoms with Gasteiger partial charge in [0.25, 0.3) is 10.0 Å². The molecule has 4 aromatic rings. The summed E-state index contributed by atoms with van der Waals surface area (Å²) in [5, 5.41) is 13.2. The standard InChI is InChI=1S/C25H23ClFN5O4S/c1-14-6-8-16(9-7-14)37(35,36)32-13-19(18-10-15(26)11-29-24(18)32)22-28-12-20(27)23(31-22)30-21-5-3-2-4-17(21)25(33)34/h6-13,17,21H,2-5H2,1H3,(H,33,34)(H,28,30,31)/t17-,21-/m0/s1. The summed E-state index contributed by atoms with van der Waals surface area (Å²) < 4.78 is 42.7. The SMILES string of the molecule is Cc1ccc(S(=O)(=O)n2cc(-c3ncc(F)c(N[C@H]4CCCC[C@@H]4C(=O)O)n3)c3cc(Cl)cnc32)cc1. The van der Waals surface area contributed by atoms with E-state index >= 15 is 0 Å². The Morgan fingerprint density at radius 3 is 2.62 bits per heavy atom. The fourth-order valence-corrected chi connectivity index (χ4v) is 6.09. The van der Waals surface area contributed by atoms with Crippen LogP contribution in [0, 0.1) is 18.7 Å². The Balaban J connectivity index is 1.61. The molecule has 2 N–H and O–H groups in total. The van der Waals surface area contributed by atoms with Gasteiger partial charge in [0.1, 0.15) is 0 Å². The summed E-state index contributed by atoms with van der Waals surface area (Å²) in [6.45, 7) is 1.85. The number of fused-ring (bicyclic) bond motifs is 1. The van der Waals surface area contributed by atoms with Gasteiger partial charge >= 0.3 is 5.97 Å². The first-order valence-corrected chi connectivity index (χ1v) is 13.5. The van der Waals surface area contributed by atoms with Crippen molar-refractivity contribution in [3.63, 3.8) is 0 Å². The number of anilines is 1. The van der Waals surface area contributed by atoms with Crippen molar-refractivity contribution in [1.29, 1.82) is 0 Å². The molecule has 0 radical (unpaired) electrons. The number of carbonyl (C=O) groups is 1. The average Bonchev–Trinajstić information content (AvgIpc) is 3.25. The molecule has 3 aromatic heterocycles. The number of nitrogens with zero attached hydrogens (tertiary/aromatic N) is 4. The van der Waals surface area contributed by atoms with E-state index in [0.29, 0.717) is 18.2 Å². The van der Waals surface area contributed by atoms with Crippen molar-refractivity contribution >= 4 is 44.4 Å². The third-order valence-electron chi connectivity index (χ3n) is 6.55. The van der Waals surface area contributed by atoms with Crippen molar-refractivity contribution < 1.29 is 22.7 Å². The molecule has 9 nitrogen and oxygen atoms in total. The van der Waals surface area contributed by atoms with Crippen LogP contribution in [0.4, 0.5) is 10.2 Å². The molecular formula is C25H23ClFN5O4S. The lowest BCUT2D eigenvalue weighted by molar-refractivity contribution is -0.143. The van der Waals surface area contributed by atoms with Crippen LogP contribution >= 0.6 is 11.6 Å². The van der Waals surface area contributed by atoms with Crippen LogP contribution in [0.3, 0.4) is 0 Å². The van der Waals surface area contributed by atoms with Gasteiger partial charge in [0, 0.05) is 29.4 Å². The number of rotatable bonds is 6. The van der Waals surface area contributed by atoms with Crippen LogP contribution in [0.15, 0.2) is 53.8 Å². The average molecular weight is 544 g/mol. The molecule has 1 saturated carbocycles. The Kier molecular flexibility index (Phi) is 6.59. The van der Waals surface area contributed by atoms with Crippen LogP contribution in [0.2, 0.25) is 5.02 Å². The maximum Gasteiger partial charge on any atom is 0.308 e. The third-order valence-corrected chi connectivity index (χ3v) is 8.42. The molecular weight excluding hydrogens is 521 g/mol. The lowest BCUT2D eigenvalue weighted by atomic mass is 9.84. The molecule has 1 fully saturated rings. The van der Waals surface area contributed by atoms with Crippen LogP contribution < -0.4 is 5.32 Å². The van der Waals surface area contributed by atoms with E-state index in [2.05, 4.69) is 20.3 Å². The topological polar surface area (TPSA) is 127 Å². The minimum atomic E-state index is -4.04. The van der Waals surface area contributed by atoms with E-state index in [1.54, 1.807) is 18.2 Å². The van der Waals surface area contributed by atoms with E-state index in [-0.39, 0.29) is 32.8 Å². The lowest BCUT2D eigenvalue weighted by Crippen LogP contribution is -2.37. The van der Waals surface area contributed by atoms with Crippen molar-refractivity contribution in [2.24, 2.45) is 5.92 Å². The number of pyridine rings is 1. The minimum absolute atomic E-state index is 0.0403. The summed E-state index contributed by atoms with van der Waals surface area (Å²) in [6.07, 6.45) is 6.29. The zero-order valence-electron chi connectivity index (χ0n) is 19.7. The van der Waals surface area contributed by atoms with Crippen LogP contribution in [-0.4, -0.2) is 44.5 Å². The monoisotopic (exact) mass is 543 g/mol. The first-order chi connectivity index (χ1) is 17.6. The smallest absolute Gasteiger partial charge is 0.308 e. The lowest BCUT2D eigenvalue weighted by Gasteiger charge is -2.29.